The highest BCUT2D eigenvalue weighted by Crippen LogP contribution is 2.46. The Hall–Kier alpha value is -0.570. The quantitative estimate of drug-likeness (QED) is 0.801. The summed E-state index contributed by atoms with van der Waals surface area (Å²) in [6, 6.07) is 0. The molecule has 92 valence electrons. The van der Waals surface area contributed by atoms with Crippen LogP contribution in [0.5, 0.6) is 0 Å². The van der Waals surface area contributed by atoms with Gasteiger partial charge < -0.3 is 10.0 Å². The molecule has 2 fully saturated rings. The summed E-state index contributed by atoms with van der Waals surface area (Å²) in [4.78, 5) is 14.0. The maximum atomic E-state index is 11.6. The molecule has 0 aromatic carbocycles. The Morgan fingerprint density at radius 3 is 2.31 bits per heavy atom. The normalized spacial score (nSPS) is 27.1. The minimum absolute atomic E-state index is 0.387. The van der Waals surface area contributed by atoms with E-state index in [1.165, 1.54) is 12.8 Å². The van der Waals surface area contributed by atoms with Gasteiger partial charge in [0, 0.05) is 0 Å². The zero-order valence-corrected chi connectivity index (χ0v) is 10.2. The largest absolute Gasteiger partial charge is 0.481 e. The highest BCUT2D eigenvalue weighted by atomic mass is 16.4. The standard InChI is InChI=1S/C13H23NO2/c1-2-14-9-7-13(8-10-14,12(15)16)11-5-3-4-6-11/h11H,2-10H2,1H3,(H,15,16). The van der Waals surface area contributed by atoms with Gasteiger partial charge in [0.15, 0.2) is 0 Å². The number of carboxylic acids is 1. The van der Waals surface area contributed by atoms with Gasteiger partial charge in [-0.25, -0.2) is 0 Å². The first-order valence-electron chi connectivity index (χ1n) is 6.65. The number of carboxylic acid groups (broad SMARTS) is 1. The van der Waals surface area contributed by atoms with Gasteiger partial charge in [-0.1, -0.05) is 19.8 Å². The van der Waals surface area contributed by atoms with Crippen LogP contribution in [0.2, 0.25) is 0 Å². The Kier molecular flexibility index (Phi) is 3.53. The zero-order valence-electron chi connectivity index (χ0n) is 10.2. The van der Waals surface area contributed by atoms with Gasteiger partial charge in [-0.3, -0.25) is 4.79 Å². The SMILES string of the molecule is CCN1CCC(C(=O)O)(C2CCCC2)CC1. The highest BCUT2D eigenvalue weighted by molar-refractivity contribution is 5.75. The number of likely N-dealkylation sites (tertiary alicyclic amines) is 1. The van der Waals surface area contributed by atoms with E-state index in [1.54, 1.807) is 0 Å². The van der Waals surface area contributed by atoms with E-state index < -0.39 is 5.97 Å². The lowest BCUT2D eigenvalue weighted by Crippen LogP contribution is -2.47. The summed E-state index contributed by atoms with van der Waals surface area (Å²) in [5.41, 5.74) is -0.387. The van der Waals surface area contributed by atoms with Crippen molar-refractivity contribution in [3.63, 3.8) is 0 Å². The van der Waals surface area contributed by atoms with Gasteiger partial charge in [0.25, 0.3) is 0 Å². The van der Waals surface area contributed by atoms with Crippen LogP contribution in [0, 0.1) is 11.3 Å². The van der Waals surface area contributed by atoms with Crippen LogP contribution in [-0.4, -0.2) is 35.6 Å². The van der Waals surface area contributed by atoms with Crippen molar-refractivity contribution in [2.45, 2.75) is 45.4 Å². The van der Waals surface area contributed by atoms with Crippen LogP contribution in [-0.2, 0) is 4.79 Å². The predicted molar refractivity (Wildman–Crippen MR) is 63.4 cm³/mol. The first-order valence-corrected chi connectivity index (χ1v) is 6.65. The van der Waals surface area contributed by atoms with Gasteiger partial charge in [0.05, 0.1) is 5.41 Å². The molecule has 1 heterocycles. The topological polar surface area (TPSA) is 40.5 Å². The second kappa shape index (κ2) is 4.74. The third kappa shape index (κ3) is 1.97. The van der Waals surface area contributed by atoms with Crippen LogP contribution in [0.3, 0.4) is 0 Å². The number of aliphatic carboxylic acids is 1. The summed E-state index contributed by atoms with van der Waals surface area (Å²) in [6.45, 7) is 5.16. The molecule has 0 unspecified atom stereocenters. The molecule has 2 aliphatic rings. The lowest BCUT2D eigenvalue weighted by atomic mass is 9.68. The monoisotopic (exact) mass is 225 g/mol. The molecule has 0 radical (unpaired) electrons. The third-order valence-corrected chi connectivity index (χ3v) is 4.76. The molecule has 3 nitrogen and oxygen atoms in total. The van der Waals surface area contributed by atoms with Crippen molar-refractivity contribution in [1.82, 2.24) is 4.90 Å². The minimum Gasteiger partial charge on any atom is -0.481 e. The first kappa shape index (κ1) is 11.9. The Bertz CT molecular complexity index is 251. The van der Waals surface area contributed by atoms with Gasteiger partial charge in [-0.15, -0.1) is 0 Å². The molecule has 1 N–H and O–H groups in total. The number of hydrogen-bond acceptors (Lipinski definition) is 2. The molecule has 0 spiro atoms. The van der Waals surface area contributed by atoms with E-state index in [9.17, 15) is 9.90 Å². The summed E-state index contributed by atoms with van der Waals surface area (Å²) in [7, 11) is 0. The van der Waals surface area contributed by atoms with Crippen LogP contribution in [0.25, 0.3) is 0 Å². The van der Waals surface area contributed by atoms with Crippen molar-refractivity contribution in [2.24, 2.45) is 11.3 Å². The molecule has 1 saturated heterocycles. The number of carbonyl (C=O) groups is 1. The van der Waals surface area contributed by atoms with E-state index in [2.05, 4.69) is 11.8 Å². The fourth-order valence-corrected chi connectivity index (χ4v) is 3.54. The van der Waals surface area contributed by atoms with Crippen molar-refractivity contribution >= 4 is 5.97 Å². The summed E-state index contributed by atoms with van der Waals surface area (Å²) < 4.78 is 0. The molecule has 0 bridgehead atoms. The van der Waals surface area contributed by atoms with Crippen LogP contribution in [0.4, 0.5) is 0 Å². The van der Waals surface area contributed by atoms with E-state index in [0.29, 0.717) is 5.92 Å². The molecular formula is C13H23NO2. The molecular weight excluding hydrogens is 202 g/mol. The molecule has 0 aromatic rings. The van der Waals surface area contributed by atoms with Crippen LogP contribution < -0.4 is 0 Å². The van der Waals surface area contributed by atoms with Gasteiger partial charge in [-0.2, -0.15) is 0 Å². The Morgan fingerprint density at radius 2 is 1.88 bits per heavy atom. The lowest BCUT2D eigenvalue weighted by Gasteiger charge is -2.42. The first-order chi connectivity index (χ1) is 7.69. The highest BCUT2D eigenvalue weighted by Gasteiger charge is 2.47. The van der Waals surface area contributed by atoms with Crippen LogP contribution >= 0.6 is 0 Å². The van der Waals surface area contributed by atoms with E-state index in [0.717, 1.165) is 45.3 Å². The summed E-state index contributed by atoms with van der Waals surface area (Å²) in [6.07, 6.45) is 6.47. The lowest BCUT2D eigenvalue weighted by molar-refractivity contribution is -0.156. The molecule has 1 aliphatic carbocycles. The fourth-order valence-electron chi connectivity index (χ4n) is 3.54. The second-order valence-corrected chi connectivity index (χ2v) is 5.38. The Balaban J connectivity index is 2.08. The molecule has 2 rings (SSSR count). The smallest absolute Gasteiger partial charge is 0.310 e. The van der Waals surface area contributed by atoms with Crippen molar-refractivity contribution < 1.29 is 9.90 Å². The summed E-state index contributed by atoms with van der Waals surface area (Å²) in [5, 5.41) is 9.59. The third-order valence-electron chi connectivity index (χ3n) is 4.76. The second-order valence-electron chi connectivity index (χ2n) is 5.38. The molecule has 0 atom stereocenters. The number of piperidine rings is 1. The van der Waals surface area contributed by atoms with E-state index in [-0.39, 0.29) is 5.41 Å². The minimum atomic E-state index is -0.532. The van der Waals surface area contributed by atoms with E-state index >= 15 is 0 Å². The van der Waals surface area contributed by atoms with Gasteiger partial charge in [0.2, 0.25) is 0 Å². The van der Waals surface area contributed by atoms with Gasteiger partial charge in [-0.05, 0) is 51.2 Å². The number of nitrogens with zero attached hydrogens (tertiary/aromatic N) is 1. The zero-order chi connectivity index (χ0) is 11.6. The van der Waals surface area contributed by atoms with E-state index in [1.807, 2.05) is 0 Å². The van der Waals surface area contributed by atoms with Gasteiger partial charge >= 0.3 is 5.97 Å². The maximum Gasteiger partial charge on any atom is 0.310 e. The number of hydrogen-bond donors (Lipinski definition) is 1. The van der Waals surface area contributed by atoms with E-state index in [4.69, 9.17) is 0 Å². The molecule has 3 heteroatoms. The summed E-state index contributed by atoms with van der Waals surface area (Å²) in [5.74, 6) is -0.0841. The maximum absolute atomic E-state index is 11.6. The molecule has 0 aromatic heterocycles. The van der Waals surface area contributed by atoms with Crippen LogP contribution in [0.15, 0.2) is 0 Å². The van der Waals surface area contributed by atoms with Crippen molar-refractivity contribution in [1.29, 1.82) is 0 Å². The van der Waals surface area contributed by atoms with Crippen molar-refractivity contribution in [3.05, 3.63) is 0 Å². The molecule has 1 aliphatic heterocycles. The molecule has 0 amide bonds. The molecule has 1 saturated carbocycles. The average Bonchev–Trinajstić information content (AvgIpc) is 2.82. The van der Waals surface area contributed by atoms with Crippen LogP contribution in [0.1, 0.15) is 45.4 Å². The summed E-state index contributed by atoms with van der Waals surface area (Å²) >= 11 is 0. The Labute approximate surface area is 97.8 Å². The van der Waals surface area contributed by atoms with Crippen molar-refractivity contribution in [3.8, 4) is 0 Å². The molecule has 16 heavy (non-hydrogen) atoms. The van der Waals surface area contributed by atoms with Crippen molar-refractivity contribution in [2.75, 3.05) is 19.6 Å². The van der Waals surface area contributed by atoms with Gasteiger partial charge in [0.1, 0.15) is 0 Å². The average molecular weight is 225 g/mol. The Morgan fingerprint density at radius 1 is 1.31 bits per heavy atom. The number of rotatable bonds is 3. The predicted octanol–water partition coefficient (Wildman–Crippen LogP) is 2.36. The fraction of sp³-hybridized carbons (Fsp3) is 0.923.